The molecule has 5 rings (SSSR count). The third-order valence-corrected chi connectivity index (χ3v) is 5.54. The molecule has 1 aromatic carbocycles. The average Bonchev–Trinajstić information content (AvgIpc) is 3.13. The molecule has 134 valence electrons. The van der Waals surface area contributed by atoms with Gasteiger partial charge in [0.25, 0.3) is 5.56 Å². The summed E-state index contributed by atoms with van der Waals surface area (Å²) in [5.74, 6) is 1.54. The lowest BCUT2D eigenvalue weighted by atomic mass is 10.1. The number of para-hydroxylation sites is 1. The van der Waals surface area contributed by atoms with Crippen LogP contribution in [0.5, 0.6) is 0 Å². The van der Waals surface area contributed by atoms with Gasteiger partial charge in [-0.15, -0.1) is 0 Å². The van der Waals surface area contributed by atoms with Gasteiger partial charge in [0.15, 0.2) is 6.39 Å². The van der Waals surface area contributed by atoms with Crippen molar-refractivity contribution in [1.82, 2.24) is 19.4 Å². The molecule has 3 heterocycles. The second-order valence-corrected chi connectivity index (χ2v) is 7.45. The van der Waals surface area contributed by atoms with Gasteiger partial charge >= 0.3 is 0 Å². The lowest BCUT2D eigenvalue weighted by molar-refractivity contribution is 0.229. The quantitative estimate of drug-likeness (QED) is 0.707. The summed E-state index contributed by atoms with van der Waals surface area (Å²) in [6, 6.07) is 7.85. The fraction of sp³-hybridized carbons (Fsp3) is 0.450. The summed E-state index contributed by atoms with van der Waals surface area (Å²) in [5.41, 5.74) is 1.83. The van der Waals surface area contributed by atoms with Gasteiger partial charge in [-0.1, -0.05) is 12.1 Å². The highest BCUT2D eigenvalue weighted by molar-refractivity contribution is 5.77. The van der Waals surface area contributed by atoms with Crippen molar-refractivity contribution in [2.45, 2.75) is 44.8 Å². The number of benzene rings is 1. The van der Waals surface area contributed by atoms with Gasteiger partial charge in [-0.05, 0) is 50.3 Å². The molecular formula is C20H22N4O2. The van der Waals surface area contributed by atoms with Gasteiger partial charge in [0.2, 0.25) is 0 Å². The minimum atomic E-state index is 0.103. The molecule has 1 aliphatic carbocycles. The topological polar surface area (TPSA) is 64.2 Å². The third kappa shape index (κ3) is 2.84. The maximum atomic E-state index is 13.2. The van der Waals surface area contributed by atoms with E-state index in [4.69, 9.17) is 9.40 Å². The molecule has 1 atom stereocenters. The van der Waals surface area contributed by atoms with Crippen molar-refractivity contribution < 1.29 is 4.42 Å². The highest BCUT2D eigenvalue weighted by Gasteiger charge is 2.32. The summed E-state index contributed by atoms with van der Waals surface area (Å²) in [5, 5.41) is 0.720. The van der Waals surface area contributed by atoms with Crippen LogP contribution in [0.1, 0.15) is 43.2 Å². The summed E-state index contributed by atoms with van der Waals surface area (Å²) >= 11 is 0. The van der Waals surface area contributed by atoms with Gasteiger partial charge in [-0.2, -0.15) is 0 Å². The lowest BCUT2D eigenvalue weighted by Gasteiger charge is -2.26. The number of oxazole rings is 1. The first-order chi connectivity index (χ1) is 12.8. The molecule has 0 radical (unpaired) electrons. The largest absolute Gasteiger partial charge is 0.451 e. The predicted molar refractivity (Wildman–Crippen MR) is 97.6 cm³/mol. The number of hydrogen-bond acceptors (Lipinski definition) is 5. The molecule has 0 N–H and O–H groups in total. The molecule has 26 heavy (non-hydrogen) atoms. The summed E-state index contributed by atoms with van der Waals surface area (Å²) in [6.45, 7) is 2.51. The summed E-state index contributed by atoms with van der Waals surface area (Å²) < 4.78 is 7.07. The van der Waals surface area contributed by atoms with Crippen LogP contribution in [0.4, 0.5) is 0 Å². The zero-order valence-electron chi connectivity index (χ0n) is 14.7. The van der Waals surface area contributed by atoms with Crippen molar-refractivity contribution in [3.63, 3.8) is 0 Å². The Balaban J connectivity index is 1.58. The maximum Gasteiger partial charge on any atom is 0.261 e. The third-order valence-electron chi connectivity index (χ3n) is 5.54. The van der Waals surface area contributed by atoms with Crippen molar-refractivity contribution in [2.24, 2.45) is 5.92 Å². The van der Waals surface area contributed by atoms with E-state index in [9.17, 15) is 4.79 Å². The van der Waals surface area contributed by atoms with E-state index in [1.807, 2.05) is 28.8 Å². The highest BCUT2D eigenvalue weighted by Crippen LogP contribution is 2.35. The van der Waals surface area contributed by atoms with E-state index in [0.29, 0.717) is 5.92 Å². The lowest BCUT2D eigenvalue weighted by Crippen LogP contribution is -2.32. The number of rotatable bonds is 5. The molecule has 2 aliphatic rings. The molecule has 6 nitrogen and oxygen atoms in total. The molecule has 0 bridgehead atoms. The van der Waals surface area contributed by atoms with Crippen LogP contribution in [0.25, 0.3) is 10.9 Å². The SMILES string of the molecule is O=c1c2ccccc2nc(C2CCCN2Cc2cocn2)n1CC1CC1. The Morgan fingerprint density at radius 3 is 2.88 bits per heavy atom. The number of hydrogen-bond donors (Lipinski definition) is 0. The minimum Gasteiger partial charge on any atom is -0.451 e. The molecule has 1 aliphatic heterocycles. The minimum absolute atomic E-state index is 0.103. The van der Waals surface area contributed by atoms with Crippen LogP contribution in [0, 0.1) is 5.92 Å². The van der Waals surface area contributed by atoms with Crippen molar-refractivity contribution in [3.05, 3.63) is 58.8 Å². The molecule has 0 amide bonds. The number of fused-ring (bicyclic) bond motifs is 1. The van der Waals surface area contributed by atoms with Crippen LogP contribution in [0.2, 0.25) is 0 Å². The Morgan fingerprint density at radius 2 is 2.08 bits per heavy atom. The number of likely N-dealkylation sites (tertiary alicyclic amines) is 1. The molecule has 3 aromatic rings. The van der Waals surface area contributed by atoms with E-state index in [0.717, 1.165) is 54.9 Å². The van der Waals surface area contributed by atoms with Gasteiger partial charge in [-0.3, -0.25) is 14.3 Å². The van der Waals surface area contributed by atoms with E-state index in [2.05, 4.69) is 9.88 Å². The van der Waals surface area contributed by atoms with Gasteiger partial charge in [0.1, 0.15) is 12.1 Å². The predicted octanol–water partition coefficient (Wildman–Crippen LogP) is 3.13. The van der Waals surface area contributed by atoms with Gasteiger partial charge in [0.05, 0.1) is 22.6 Å². The smallest absolute Gasteiger partial charge is 0.261 e. The molecule has 2 aromatic heterocycles. The average molecular weight is 350 g/mol. The van der Waals surface area contributed by atoms with Crippen LogP contribution >= 0.6 is 0 Å². The van der Waals surface area contributed by atoms with Crippen molar-refractivity contribution >= 4 is 10.9 Å². The van der Waals surface area contributed by atoms with E-state index in [1.165, 1.54) is 19.2 Å². The van der Waals surface area contributed by atoms with Crippen LogP contribution in [0.15, 0.2) is 46.1 Å². The molecule has 1 saturated carbocycles. The van der Waals surface area contributed by atoms with Gasteiger partial charge in [-0.25, -0.2) is 9.97 Å². The molecule has 1 unspecified atom stereocenters. The van der Waals surface area contributed by atoms with Crippen LogP contribution in [-0.4, -0.2) is 26.0 Å². The first-order valence-corrected chi connectivity index (χ1v) is 9.40. The first kappa shape index (κ1) is 15.8. The van der Waals surface area contributed by atoms with Crippen molar-refractivity contribution in [2.75, 3.05) is 6.54 Å². The molecule has 2 fully saturated rings. The second-order valence-electron chi connectivity index (χ2n) is 7.45. The fourth-order valence-corrected chi connectivity index (χ4v) is 4.01. The maximum absolute atomic E-state index is 13.2. The molecular weight excluding hydrogens is 328 g/mol. The fourth-order valence-electron chi connectivity index (χ4n) is 4.01. The second kappa shape index (κ2) is 6.36. The Kier molecular flexibility index (Phi) is 3.85. The van der Waals surface area contributed by atoms with Crippen molar-refractivity contribution in [1.29, 1.82) is 0 Å². The van der Waals surface area contributed by atoms with Crippen LogP contribution in [-0.2, 0) is 13.1 Å². The van der Waals surface area contributed by atoms with E-state index < -0.39 is 0 Å². The normalized spacial score (nSPS) is 20.8. The van der Waals surface area contributed by atoms with E-state index in [1.54, 1.807) is 6.26 Å². The first-order valence-electron chi connectivity index (χ1n) is 9.40. The Labute approximate surface area is 151 Å². The summed E-state index contributed by atoms with van der Waals surface area (Å²) in [4.78, 5) is 24.8. The van der Waals surface area contributed by atoms with Crippen LogP contribution < -0.4 is 5.56 Å². The molecule has 0 spiro atoms. The van der Waals surface area contributed by atoms with Gasteiger partial charge in [0, 0.05) is 13.1 Å². The summed E-state index contributed by atoms with van der Waals surface area (Å²) in [7, 11) is 0. The standard InChI is InChI=1S/C20H22N4O2/c25-20-16-4-1-2-5-17(16)22-19(24(20)10-14-7-8-14)18-6-3-9-23(18)11-15-12-26-13-21-15/h1-2,4-5,12-14,18H,3,6-11H2. The zero-order valence-corrected chi connectivity index (χ0v) is 14.7. The zero-order chi connectivity index (χ0) is 17.5. The number of aromatic nitrogens is 3. The Morgan fingerprint density at radius 1 is 1.19 bits per heavy atom. The van der Waals surface area contributed by atoms with E-state index >= 15 is 0 Å². The Hall–Kier alpha value is -2.47. The molecule has 1 saturated heterocycles. The monoisotopic (exact) mass is 350 g/mol. The summed E-state index contributed by atoms with van der Waals surface area (Å²) in [6.07, 6.45) is 7.72. The van der Waals surface area contributed by atoms with Gasteiger partial charge < -0.3 is 4.42 Å². The van der Waals surface area contributed by atoms with E-state index in [-0.39, 0.29) is 11.6 Å². The number of nitrogens with zero attached hydrogens (tertiary/aromatic N) is 4. The van der Waals surface area contributed by atoms with Crippen molar-refractivity contribution in [3.8, 4) is 0 Å². The highest BCUT2D eigenvalue weighted by atomic mass is 16.3. The Bertz CT molecular complexity index is 975. The van der Waals surface area contributed by atoms with Crippen LogP contribution in [0.3, 0.4) is 0 Å². The molecule has 6 heteroatoms.